The molecule has 0 heterocycles. The quantitative estimate of drug-likeness (QED) is 0.341. The number of hydrogen-bond acceptors (Lipinski definition) is 6. The molecule has 0 radical (unpaired) electrons. The summed E-state index contributed by atoms with van der Waals surface area (Å²) in [5, 5.41) is 25.4. The SMILES string of the molecule is CCOc1ccc(NC(=O)/C(C#N)=C\Nc2ccccc2[N+](=O)[O-])cc1. The highest BCUT2D eigenvalue weighted by atomic mass is 16.6. The number of amides is 1. The summed E-state index contributed by atoms with van der Waals surface area (Å²) in [6.07, 6.45) is 1.13. The summed E-state index contributed by atoms with van der Waals surface area (Å²) in [5.41, 5.74) is 0.286. The lowest BCUT2D eigenvalue weighted by Crippen LogP contribution is -2.14. The number of benzene rings is 2. The number of para-hydroxylation sites is 2. The standard InChI is InChI=1S/C18H16N4O4/c1-2-26-15-9-7-14(8-10-15)21-18(23)13(11-19)12-20-16-5-3-4-6-17(16)22(24)25/h3-10,12,20H,2H2,1H3,(H,21,23)/b13-12-. The van der Waals surface area contributed by atoms with Crippen LogP contribution in [0.3, 0.4) is 0 Å². The third kappa shape index (κ3) is 4.82. The van der Waals surface area contributed by atoms with Crippen molar-refractivity contribution in [2.75, 3.05) is 17.2 Å². The highest BCUT2D eigenvalue weighted by Gasteiger charge is 2.13. The molecule has 1 amide bonds. The molecular weight excluding hydrogens is 336 g/mol. The Kier molecular flexibility index (Phi) is 6.28. The minimum Gasteiger partial charge on any atom is -0.494 e. The summed E-state index contributed by atoms with van der Waals surface area (Å²) >= 11 is 0. The molecule has 2 aromatic carbocycles. The number of nitrogens with one attached hydrogen (secondary N) is 2. The molecule has 0 aromatic heterocycles. The van der Waals surface area contributed by atoms with E-state index in [0.717, 1.165) is 6.20 Å². The van der Waals surface area contributed by atoms with Gasteiger partial charge in [-0.15, -0.1) is 0 Å². The molecule has 0 saturated heterocycles. The predicted octanol–water partition coefficient (Wildman–Crippen LogP) is 3.45. The van der Waals surface area contributed by atoms with Crippen molar-refractivity contribution in [2.24, 2.45) is 0 Å². The van der Waals surface area contributed by atoms with Crippen LogP contribution in [-0.4, -0.2) is 17.4 Å². The van der Waals surface area contributed by atoms with Gasteiger partial charge in [0.1, 0.15) is 23.1 Å². The topological polar surface area (TPSA) is 117 Å². The Morgan fingerprint density at radius 1 is 1.27 bits per heavy atom. The number of carbonyl (C=O) groups excluding carboxylic acids is 1. The fraction of sp³-hybridized carbons (Fsp3) is 0.111. The van der Waals surface area contributed by atoms with Crippen molar-refractivity contribution in [3.05, 3.63) is 70.4 Å². The van der Waals surface area contributed by atoms with Crippen molar-refractivity contribution in [3.63, 3.8) is 0 Å². The Labute approximate surface area is 149 Å². The second-order valence-electron chi connectivity index (χ2n) is 5.00. The van der Waals surface area contributed by atoms with E-state index >= 15 is 0 Å². The molecule has 0 aliphatic heterocycles. The molecule has 0 fully saturated rings. The number of hydrogen-bond donors (Lipinski definition) is 2. The lowest BCUT2D eigenvalue weighted by atomic mass is 10.2. The summed E-state index contributed by atoms with van der Waals surface area (Å²) < 4.78 is 5.31. The number of nitro benzene ring substituents is 1. The first kappa shape index (κ1) is 18.5. The van der Waals surface area contributed by atoms with Crippen molar-refractivity contribution in [3.8, 4) is 11.8 Å². The molecule has 2 aromatic rings. The zero-order valence-electron chi connectivity index (χ0n) is 13.9. The zero-order valence-corrected chi connectivity index (χ0v) is 13.9. The molecule has 0 bridgehead atoms. The molecule has 0 spiro atoms. The smallest absolute Gasteiger partial charge is 0.292 e. The number of ether oxygens (including phenoxy) is 1. The lowest BCUT2D eigenvalue weighted by molar-refractivity contribution is -0.383. The van der Waals surface area contributed by atoms with Gasteiger partial charge in [-0.1, -0.05) is 12.1 Å². The van der Waals surface area contributed by atoms with Crippen LogP contribution >= 0.6 is 0 Å². The first-order chi connectivity index (χ1) is 12.5. The Hall–Kier alpha value is -3.86. The van der Waals surface area contributed by atoms with Crippen LogP contribution in [0.25, 0.3) is 0 Å². The van der Waals surface area contributed by atoms with Crippen molar-refractivity contribution >= 4 is 23.0 Å². The van der Waals surface area contributed by atoms with Gasteiger partial charge in [-0.05, 0) is 37.3 Å². The van der Waals surface area contributed by atoms with Gasteiger partial charge in [0.25, 0.3) is 11.6 Å². The minimum absolute atomic E-state index is 0.159. The third-order valence-electron chi connectivity index (χ3n) is 3.26. The van der Waals surface area contributed by atoms with Crippen LogP contribution in [0.2, 0.25) is 0 Å². The summed E-state index contributed by atoms with van der Waals surface area (Å²) in [7, 11) is 0. The van der Waals surface area contributed by atoms with Gasteiger partial charge in [-0.3, -0.25) is 14.9 Å². The van der Waals surface area contributed by atoms with Gasteiger partial charge < -0.3 is 15.4 Å². The van der Waals surface area contributed by atoms with E-state index in [-0.39, 0.29) is 16.9 Å². The molecule has 0 unspecified atom stereocenters. The van der Waals surface area contributed by atoms with Crippen LogP contribution in [0.4, 0.5) is 17.1 Å². The molecule has 2 N–H and O–H groups in total. The maximum atomic E-state index is 12.2. The van der Waals surface area contributed by atoms with Crippen LogP contribution in [-0.2, 0) is 4.79 Å². The van der Waals surface area contributed by atoms with Crippen molar-refractivity contribution in [2.45, 2.75) is 6.92 Å². The second kappa shape index (κ2) is 8.84. The summed E-state index contributed by atoms with van der Waals surface area (Å²) in [6.45, 7) is 2.40. The van der Waals surface area contributed by atoms with E-state index in [1.807, 2.05) is 6.92 Å². The van der Waals surface area contributed by atoms with Crippen molar-refractivity contribution in [1.82, 2.24) is 0 Å². The van der Waals surface area contributed by atoms with E-state index in [9.17, 15) is 20.2 Å². The Morgan fingerprint density at radius 2 is 1.96 bits per heavy atom. The average molecular weight is 352 g/mol. The normalized spacial score (nSPS) is 10.5. The van der Waals surface area contributed by atoms with E-state index in [1.165, 1.54) is 18.2 Å². The number of nitro groups is 1. The van der Waals surface area contributed by atoms with Gasteiger partial charge in [0.15, 0.2) is 0 Å². The molecule has 26 heavy (non-hydrogen) atoms. The van der Waals surface area contributed by atoms with Crippen molar-refractivity contribution < 1.29 is 14.5 Å². The molecule has 8 nitrogen and oxygen atoms in total. The van der Waals surface area contributed by atoms with Crippen LogP contribution in [0.5, 0.6) is 5.75 Å². The van der Waals surface area contributed by atoms with Crippen LogP contribution in [0, 0.1) is 21.4 Å². The fourth-order valence-electron chi connectivity index (χ4n) is 2.05. The Morgan fingerprint density at radius 3 is 2.58 bits per heavy atom. The molecular formula is C18H16N4O4. The third-order valence-corrected chi connectivity index (χ3v) is 3.26. The van der Waals surface area contributed by atoms with Crippen LogP contribution in [0.15, 0.2) is 60.3 Å². The number of nitriles is 1. The predicted molar refractivity (Wildman–Crippen MR) is 96.7 cm³/mol. The average Bonchev–Trinajstić information content (AvgIpc) is 2.64. The van der Waals surface area contributed by atoms with E-state index in [0.29, 0.717) is 18.0 Å². The summed E-state index contributed by atoms with van der Waals surface area (Å²) in [5.74, 6) is 0.0299. The molecule has 2 rings (SSSR count). The summed E-state index contributed by atoms with van der Waals surface area (Å²) in [6, 6.07) is 14.4. The van der Waals surface area contributed by atoms with Gasteiger partial charge in [0.2, 0.25) is 0 Å². The fourth-order valence-corrected chi connectivity index (χ4v) is 2.05. The van der Waals surface area contributed by atoms with E-state index in [2.05, 4.69) is 10.6 Å². The van der Waals surface area contributed by atoms with Gasteiger partial charge in [-0.2, -0.15) is 5.26 Å². The van der Waals surface area contributed by atoms with Crippen LogP contribution in [0.1, 0.15) is 6.92 Å². The molecule has 0 atom stereocenters. The number of nitrogens with zero attached hydrogens (tertiary/aromatic N) is 2. The molecule has 8 heteroatoms. The van der Waals surface area contributed by atoms with Gasteiger partial charge in [0, 0.05) is 18.0 Å². The van der Waals surface area contributed by atoms with E-state index < -0.39 is 10.8 Å². The Balaban J connectivity index is 2.10. The maximum absolute atomic E-state index is 12.2. The van der Waals surface area contributed by atoms with Crippen LogP contribution < -0.4 is 15.4 Å². The lowest BCUT2D eigenvalue weighted by Gasteiger charge is -2.07. The highest BCUT2D eigenvalue weighted by Crippen LogP contribution is 2.23. The second-order valence-corrected chi connectivity index (χ2v) is 5.00. The zero-order chi connectivity index (χ0) is 18.9. The maximum Gasteiger partial charge on any atom is 0.292 e. The monoisotopic (exact) mass is 352 g/mol. The highest BCUT2D eigenvalue weighted by molar-refractivity contribution is 6.06. The summed E-state index contributed by atoms with van der Waals surface area (Å²) in [4.78, 5) is 22.6. The number of carbonyl (C=O) groups is 1. The number of anilines is 2. The van der Waals surface area contributed by atoms with E-state index in [4.69, 9.17) is 4.74 Å². The molecule has 0 saturated carbocycles. The molecule has 0 aliphatic carbocycles. The molecule has 132 valence electrons. The number of rotatable bonds is 7. The van der Waals surface area contributed by atoms with E-state index in [1.54, 1.807) is 36.4 Å². The first-order valence-corrected chi connectivity index (χ1v) is 7.69. The van der Waals surface area contributed by atoms with Gasteiger partial charge in [-0.25, -0.2) is 0 Å². The van der Waals surface area contributed by atoms with Gasteiger partial charge in [0.05, 0.1) is 11.5 Å². The van der Waals surface area contributed by atoms with Gasteiger partial charge >= 0.3 is 0 Å². The minimum atomic E-state index is -0.636. The Bertz CT molecular complexity index is 870. The molecule has 0 aliphatic rings. The largest absolute Gasteiger partial charge is 0.494 e. The first-order valence-electron chi connectivity index (χ1n) is 7.69. The van der Waals surface area contributed by atoms with Crippen molar-refractivity contribution in [1.29, 1.82) is 5.26 Å².